The van der Waals surface area contributed by atoms with Crippen molar-refractivity contribution in [2.24, 2.45) is 0 Å². The highest BCUT2D eigenvalue weighted by Gasteiger charge is 2.26. The maximum absolute atomic E-state index is 10.7. The molecule has 0 unspecified atom stereocenters. The van der Waals surface area contributed by atoms with Gasteiger partial charge in [0, 0.05) is 17.2 Å². The zero-order valence-electron chi connectivity index (χ0n) is 8.53. The summed E-state index contributed by atoms with van der Waals surface area (Å²) in [5, 5.41) is 21.4. The van der Waals surface area contributed by atoms with Crippen LogP contribution in [0, 0.1) is 47.1 Å². The summed E-state index contributed by atoms with van der Waals surface area (Å²) >= 11 is 0. The molecule has 1 aromatic rings. The second-order valence-electron chi connectivity index (χ2n) is 3.21. The summed E-state index contributed by atoms with van der Waals surface area (Å²) in [6, 6.07) is 2.63. The summed E-state index contributed by atoms with van der Waals surface area (Å²) in [6.45, 7) is 4.41. The molecule has 6 heteroatoms. The first kappa shape index (κ1) is 11.1. The summed E-state index contributed by atoms with van der Waals surface area (Å²) in [6.07, 6.45) is 0. The van der Waals surface area contributed by atoms with E-state index >= 15 is 0 Å². The topological polar surface area (TPSA) is 86.3 Å². The second-order valence-corrected chi connectivity index (χ2v) is 3.21. The Labute approximate surface area is 85.8 Å². The lowest BCUT2D eigenvalue weighted by atomic mass is 10.0. The Hall–Kier alpha value is -1.98. The van der Waals surface area contributed by atoms with Crippen molar-refractivity contribution in [2.75, 3.05) is 0 Å². The Balaban J connectivity index is 3.64. The molecule has 6 nitrogen and oxygen atoms in total. The lowest BCUT2D eigenvalue weighted by Crippen LogP contribution is -2.02. The van der Waals surface area contributed by atoms with Gasteiger partial charge in [-0.3, -0.25) is 20.2 Å². The van der Waals surface area contributed by atoms with Crippen LogP contribution in [-0.2, 0) is 0 Å². The van der Waals surface area contributed by atoms with Gasteiger partial charge in [-0.05, 0) is 20.8 Å². The first-order chi connectivity index (χ1) is 6.86. The van der Waals surface area contributed by atoms with E-state index in [1.165, 1.54) is 20.8 Å². The molecule has 79 valence electrons. The molecular formula is C9H9N2O4. The average molecular weight is 209 g/mol. The molecule has 0 N–H and O–H groups in total. The number of nitro benzene ring substituents is 2. The van der Waals surface area contributed by atoms with Crippen molar-refractivity contribution in [2.45, 2.75) is 20.8 Å². The standard InChI is InChI=1S/C9H9N2O4/c1-5-4-6(2)9(11(14)15)7(3)8(5)10(12)13/h1-3H3. The van der Waals surface area contributed by atoms with E-state index in [4.69, 9.17) is 0 Å². The van der Waals surface area contributed by atoms with Crippen molar-refractivity contribution >= 4 is 11.4 Å². The van der Waals surface area contributed by atoms with Gasteiger partial charge in [-0.25, -0.2) is 0 Å². The zero-order chi connectivity index (χ0) is 11.7. The van der Waals surface area contributed by atoms with Gasteiger partial charge in [-0.1, -0.05) is 0 Å². The van der Waals surface area contributed by atoms with Gasteiger partial charge in [0.1, 0.15) is 5.56 Å². The number of nitrogens with zero attached hydrogens (tertiary/aromatic N) is 2. The number of benzene rings is 1. The minimum Gasteiger partial charge on any atom is -0.258 e. The molecule has 0 fully saturated rings. The summed E-state index contributed by atoms with van der Waals surface area (Å²) in [5.74, 6) is 0. The van der Waals surface area contributed by atoms with E-state index in [0.717, 1.165) is 0 Å². The van der Waals surface area contributed by atoms with Crippen LogP contribution >= 0.6 is 0 Å². The fourth-order valence-corrected chi connectivity index (χ4v) is 1.62. The van der Waals surface area contributed by atoms with Gasteiger partial charge >= 0.3 is 0 Å². The molecule has 0 saturated carbocycles. The van der Waals surface area contributed by atoms with E-state index in [1.807, 2.05) is 0 Å². The molecule has 0 aliphatic heterocycles. The number of rotatable bonds is 2. The first-order valence-electron chi connectivity index (χ1n) is 4.18. The van der Waals surface area contributed by atoms with Gasteiger partial charge in [-0.15, -0.1) is 0 Å². The highest BCUT2D eigenvalue weighted by atomic mass is 16.6. The van der Waals surface area contributed by atoms with E-state index in [9.17, 15) is 20.2 Å². The van der Waals surface area contributed by atoms with Gasteiger partial charge in [0.05, 0.1) is 9.85 Å². The maximum Gasteiger partial charge on any atom is 0.282 e. The van der Waals surface area contributed by atoms with Crippen LogP contribution in [0.15, 0.2) is 0 Å². The van der Waals surface area contributed by atoms with E-state index in [0.29, 0.717) is 11.1 Å². The third kappa shape index (κ3) is 1.78. The SMILES string of the molecule is Cc1[c]c(C)c([N+](=O)[O-])c(C)c1[N+](=O)[O-]. The van der Waals surface area contributed by atoms with Gasteiger partial charge in [0.2, 0.25) is 0 Å². The lowest BCUT2D eigenvalue weighted by Gasteiger charge is -2.04. The quantitative estimate of drug-likeness (QED) is 0.552. The average Bonchev–Trinajstić information content (AvgIpc) is 1.99. The summed E-state index contributed by atoms with van der Waals surface area (Å²) in [5.41, 5.74) is 0.263. The van der Waals surface area contributed by atoms with Gasteiger partial charge in [-0.2, -0.15) is 0 Å². The molecule has 0 aliphatic carbocycles. The number of aryl methyl sites for hydroxylation is 2. The number of nitro groups is 2. The molecule has 0 aliphatic rings. The largest absolute Gasteiger partial charge is 0.282 e. The van der Waals surface area contributed by atoms with Crippen LogP contribution in [0.4, 0.5) is 11.4 Å². The highest BCUT2D eigenvalue weighted by molar-refractivity contribution is 5.60. The fraction of sp³-hybridized carbons (Fsp3) is 0.333. The molecular weight excluding hydrogens is 200 g/mol. The van der Waals surface area contributed by atoms with Crippen molar-refractivity contribution in [3.63, 3.8) is 0 Å². The maximum atomic E-state index is 10.7. The van der Waals surface area contributed by atoms with E-state index in [-0.39, 0.29) is 16.9 Å². The fourth-order valence-electron chi connectivity index (χ4n) is 1.62. The Morgan fingerprint density at radius 3 is 1.53 bits per heavy atom. The lowest BCUT2D eigenvalue weighted by molar-refractivity contribution is -0.396. The van der Waals surface area contributed by atoms with Crippen molar-refractivity contribution in [3.05, 3.63) is 43.0 Å². The first-order valence-corrected chi connectivity index (χ1v) is 4.18. The van der Waals surface area contributed by atoms with Crippen molar-refractivity contribution < 1.29 is 9.85 Å². The third-order valence-corrected chi connectivity index (χ3v) is 2.16. The van der Waals surface area contributed by atoms with Crippen LogP contribution in [0.3, 0.4) is 0 Å². The van der Waals surface area contributed by atoms with Gasteiger partial charge < -0.3 is 0 Å². The minimum absolute atomic E-state index is 0.0822. The summed E-state index contributed by atoms with van der Waals surface area (Å²) in [4.78, 5) is 20.1. The molecule has 0 bridgehead atoms. The number of hydrogen-bond acceptors (Lipinski definition) is 4. The van der Waals surface area contributed by atoms with E-state index in [1.54, 1.807) is 0 Å². The molecule has 0 atom stereocenters. The minimum atomic E-state index is -0.617. The van der Waals surface area contributed by atoms with Crippen LogP contribution in [0.2, 0.25) is 0 Å². The van der Waals surface area contributed by atoms with Crippen LogP contribution in [0.5, 0.6) is 0 Å². The molecule has 0 aromatic heterocycles. The predicted octanol–water partition coefficient (Wildman–Crippen LogP) is 2.23. The second kappa shape index (κ2) is 3.64. The van der Waals surface area contributed by atoms with E-state index in [2.05, 4.69) is 6.07 Å². The van der Waals surface area contributed by atoms with Crippen LogP contribution < -0.4 is 0 Å². The summed E-state index contributed by atoms with van der Waals surface area (Å²) in [7, 11) is 0. The van der Waals surface area contributed by atoms with Gasteiger partial charge in [0.25, 0.3) is 11.4 Å². The summed E-state index contributed by atoms with van der Waals surface area (Å²) < 4.78 is 0. The molecule has 0 spiro atoms. The highest BCUT2D eigenvalue weighted by Crippen LogP contribution is 2.33. The monoisotopic (exact) mass is 209 g/mol. The van der Waals surface area contributed by atoms with Gasteiger partial charge in [0.15, 0.2) is 0 Å². The molecule has 1 radical (unpaired) electrons. The molecule has 0 heterocycles. The Kier molecular flexibility index (Phi) is 2.69. The smallest absolute Gasteiger partial charge is 0.258 e. The predicted molar refractivity (Wildman–Crippen MR) is 52.8 cm³/mol. The molecule has 0 amide bonds. The van der Waals surface area contributed by atoms with Crippen LogP contribution in [-0.4, -0.2) is 9.85 Å². The van der Waals surface area contributed by atoms with Crippen LogP contribution in [0.1, 0.15) is 16.7 Å². The zero-order valence-corrected chi connectivity index (χ0v) is 8.53. The Morgan fingerprint density at radius 1 is 0.933 bits per heavy atom. The molecule has 1 aromatic carbocycles. The van der Waals surface area contributed by atoms with Crippen molar-refractivity contribution in [1.82, 2.24) is 0 Å². The molecule has 1 rings (SSSR count). The molecule has 15 heavy (non-hydrogen) atoms. The molecule has 0 saturated heterocycles. The van der Waals surface area contributed by atoms with Crippen molar-refractivity contribution in [3.8, 4) is 0 Å². The van der Waals surface area contributed by atoms with Crippen LogP contribution in [0.25, 0.3) is 0 Å². The Bertz CT molecular complexity index is 416. The number of hydrogen-bond donors (Lipinski definition) is 0. The van der Waals surface area contributed by atoms with E-state index < -0.39 is 9.85 Å². The Morgan fingerprint density at radius 2 is 1.27 bits per heavy atom. The normalized spacial score (nSPS) is 10.1. The third-order valence-electron chi connectivity index (χ3n) is 2.16. The van der Waals surface area contributed by atoms with Crippen molar-refractivity contribution in [1.29, 1.82) is 0 Å².